The van der Waals surface area contributed by atoms with Gasteiger partial charge >= 0.3 is 0 Å². The van der Waals surface area contributed by atoms with Gasteiger partial charge in [0.15, 0.2) is 0 Å². The number of imidazole rings is 1. The molecule has 1 aromatic carbocycles. The van der Waals surface area contributed by atoms with Gasteiger partial charge in [-0.05, 0) is 38.0 Å². The van der Waals surface area contributed by atoms with E-state index in [1.165, 1.54) is 24.0 Å². The standard InChI is InChI=1S/C15H20N4/c1-11-17-14-10-13(18-8-6-16-7-9-18)4-5-15(14)19(11)12-2-3-12/h4-5,10,12,16H,2-3,6-9H2,1H3. The van der Waals surface area contributed by atoms with Gasteiger partial charge in [0.1, 0.15) is 5.82 Å². The van der Waals surface area contributed by atoms with E-state index in [1.54, 1.807) is 0 Å². The average Bonchev–Trinajstić information content (AvgIpc) is 3.21. The van der Waals surface area contributed by atoms with Crippen molar-refractivity contribution in [3.63, 3.8) is 0 Å². The van der Waals surface area contributed by atoms with E-state index in [-0.39, 0.29) is 0 Å². The van der Waals surface area contributed by atoms with Gasteiger partial charge in [0.25, 0.3) is 0 Å². The Morgan fingerprint density at radius 1 is 1.21 bits per heavy atom. The van der Waals surface area contributed by atoms with Gasteiger partial charge in [0.05, 0.1) is 11.0 Å². The van der Waals surface area contributed by atoms with Crippen molar-refractivity contribution in [1.82, 2.24) is 14.9 Å². The number of nitrogens with one attached hydrogen (secondary N) is 1. The molecule has 0 atom stereocenters. The number of aromatic nitrogens is 2. The molecule has 2 fully saturated rings. The molecular weight excluding hydrogens is 236 g/mol. The van der Waals surface area contributed by atoms with Crippen LogP contribution < -0.4 is 10.2 Å². The number of benzene rings is 1. The van der Waals surface area contributed by atoms with Gasteiger partial charge in [-0.25, -0.2) is 4.98 Å². The maximum atomic E-state index is 4.75. The fraction of sp³-hybridized carbons (Fsp3) is 0.533. The van der Waals surface area contributed by atoms with Gasteiger partial charge in [0, 0.05) is 37.9 Å². The Kier molecular flexibility index (Phi) is 2.52. The summed E-state index contributed by atoms with van der Waals surface area (Å²) in [6, 6.07) is 7.47. The molecule has 0 bridgehead atoms. The fourth-order valence-corrected chi connectivity index (χ4v) is 3.12. The van der Waals surface area contributed by atoms with Crippen molar-refractivity contribution in [2.75, 3.05) is 31.1 Å². The van der Waals surface area contributed by atoms with Crippen molar-refractivity contribution < 1.29 is 0 Å². The minimum Gasteiger partial charge on any atom is -0.369 e. The zero-order chi connectivity index (χ0) is 12.8. The van der Waals surface area contributed by atoms with Crippen LogP contribution in [-0.4, -0.2) is 35.7 Å². The molecule has 100 valence electrons. The largest absolute Gasteiger partial charge is 0.369 e. The lowest BCUT2D eigenvalue weighted by Crippen LogP contribution is -2.43. The first-order valence-electron chi connectivity index (χ1n) is 7.27. The molecule has 4 heteroatoms. The zero-order valence-electron chi connectivity index (χ0n) is 11.4. The quantitative estimate of drug-likeness (QED) is 0.893. The number of aryl methyl sites for hydroxylation is 1. The molecule has 0 radical (unpaired) electrons. The summed E-state index contributed by atoms with van der Waals surface area (Å²) in [6.45, 7) is 6.46. The van der Waals surface area contributed by atoms with Crippen LogP contribution in [0.25, 0.3) is 11.0 Å². The summed E-state index contributed by atoms with van der Waals surface area (Å²) in [6.07, 6.45) is 2.62. The molecule has 0 amide bonds. The van der Waals surface area contributed by atoms with E-state index in [4.69, 9.17) is 4.98 Å². The molecule has 0 unspecified atom stereocenters. The average molecular weight is 256 g/mol. The number of rotatable bonds is 2. The van der Waals surface area contributed by atoms with Gasteiger partial charge in [0.2, 0.25) is 0 Å². The molecule has 2 aliphatic rings. The third kappa shape index (κ3) is 1.91. The van der Waals surface area contributed by atoms with Gasteiger partial charge in [-0.2, -0.15) is 0 Å². The molecule has 0 spiro atoms. The molecule has 19 heavy (non-hydrogen) atoms. The normalized spacial score (nSPS) is 20.2. The van der Waals surface area contributed by atoms with E-state index < -0.39 is 0 Å². The molecule has 1 aliphatic carbocycles. The molecule has 2 heterocycles. The molecule has 1 aromatic heterocycles. The van der Waals surface area contributed by atoms with Crippen molar-refractivity contribution in [2.45, 2.75) is 25.8 Å². The minimum atomic E-state index is 0.704. The van der Waals surface area contributed by atoms with Crippen molar-refractivity contribution in [3.8, 4) is 0 Å². The van der Waals surface area contributed by atoms with E-state index in [0.29, 0.717) is 6.04 Å². The maximum Gasteiger partial charge on any atom is 0.106 e. The van der Waals surface area contributed by atoms with Crippen LogP contribution in [0.15, 0.2) is 18.2 Å². The second kappa shape index (κ2) is 4.23. The smallest absolute Gasteiger partial charge is 0.106 e. The lowest BCUT2D eigenvalue weighted by Gasteiger charge is -2.29. The first kappa shape index (κ1) is 11.3. The van der Waals surface area contributed by atoms with Crippen LogP contribution in [0.4, 0.5) is 5.69 Å². The fourth-order valence-electron chi connectivity index (χ4n) is 3.12. The van der Waals surface area contributed by atoms with Crippen molar-refractivity contribution in [2.24, 2.45) is 0 Å². The van der Waals surface area contributed by atoms with Crippen LogP contribution in [0.3, 0.4) is 0 Å². The third-order valence-corrected chi connectivity index (χ3v) is 4.24. The second-order valence-corrected chi connectivity index (χ2v) is 5.67. The Morgan fingerprint density at radius 3 is 2.74 bits per heavy atom. The van der Waals surface area contributed by atoms with Gasteiger partial charge < -0.3 is 14.8 Å². The van der Waals surface area contributed by atoms with E-state index in [9.17, 15) is 0 Å². The molecule has 1 aliphatic heterocycles. The number of fused-ring (bicyclic) bond motifs is 1. The Labute approximate surface area is 113 Å². The summed E-state index contributed by atoms with van der Waals surface area (Å²) >= 11 is 0. The number of nitrogens with zero attached hydrogens (tertiary/aromatic N) is 3. The molecule has 4 rings (SSSR count). The maximum absolute atomic E-state index is 4.75. The molecule has 4 nitrogen and oxygen atoms in total. The third-order valence-electron chi connectivity index (χ3n) is 4.24. The number of hydrogen-bond acceptors (Lipinski definition) is 3. The van der Waals surface area contributed by atoms with Crippen molar-refractivity contribution >= 4 is 16.7 Å². The highest BCUT2D eigenvalue weighted by atomic mass is 15.2. The van der Waals surface area contributed by atoms with Gasteiger partial charge in [-0.3, -0.25) is 0 Å². The first-order valence-corrected chi connectivity index (χ1v) is 7.27. The second-order valence-electron chi connectivity index (χ2n) is 5.67. The lowest BCUT2D eigenvalue weighted by molar-refractivity contribution is 0.589. The highest BCUT2D eigenvalue weighted by Crippen LogP contribution is 2.39. The van der Waals surface area contributed by atoms with Crippen LogP contribution in [-0.2, 0) is 0 Å². The topological polar surface area (TPSA) is 33.1 Å². The van der Waals surface area contributed by atoms with E-state index in [1.807, 2.05) is 0 Å². The zero-order valence-corrected chi connectivity index (χ0v) is 11.4. The summed E-state index contributed by atoms with van der Waals surface area (Å²) in [4.78, 5) is 7.20. The lowest BCUT2D eigenvalue weighted by atomic mass is 10.2. The van der Waals surface area contributed by atoms with E-state index in [2.05, 4.69) is 39.9 Å². The predicted octanol–water partition coefficient (Wildman–Crippen LogP) is 2.09. The highest BCUT2D eigenvalue weighted by Gasteiger charge is 2.27. The minimum absolute atomic E-state index is 0.704. The molecule has 2 aromatic rings. The highest BCUT2D eigenvalue weighted by molar-refractivity contribution is 5.80. The van der Waals surface area contributed by atoms with Gasteiger partial charge in [-0.15, -0.1) is 0 Å². The first-order chi connectivity index (χ1) is 9.33. The van der Waals surface area contributed by atoms with E-state index in [0.717, 1.165) is 37.5 Å². The summed E-state index contributed by atoms with van der Waals surface area (Å²) in [7, 11) is 0. The Morgan fingerprint density at radius 2 is 2.00 bits per heavy atom. The number of hydrogen-bond donors (Lipinski definition) is 1. The van der Waals surface area contributed by atoms with Crippen LogP contribution in [0.2, 0.25) is 0 Å². The Bertz CT molecular complexity index is 606. The Hall–Kier alpha value is -1.55. The molecule has 1 N–H and O–H groups in total. The van der Waals surface area contributed by atoms with Crippen LogP contribution >= 0.6 is 0 Å². The molecule has 1 saturated heterocycles. The van der Waals surface area contributed by atoms with Gasteiger partial charge in [-0.1, -0.05) is 0 Å². The molecule has 1 saturated carbocycles. The predicted molar refractivity (Wildman–Crippen MR) is 77.8 cm³/mol. The summed E-state index contributed by atoms with van der Waals surface area (Å²) in [5.74, 6) is 1.16. The monoisotopic (exact) mass is 256 g/mol. The van der Waals surface area contributed by atoms with Crippen LogP contribution in [0, 0.1) is 6.92 Å². The van der Waals surface area contributed by atoms with Crippen LogP contribution in [0.5, 0.6) is 0 Å². The summed E-state index contributed by atoms with van der Waals surface area (Å²) < 4.78 is 2.41. The number of piperazine rings is 1. The SMILES string of the molecule is Cc1nc2cc(N3CCNCC3)ccc2n1C1CC1. The van der Waals surface area contributed by atoms with Crippen LogP contribution in [0.1, 0.15) is 24.7 Å². The summed E-state index contributed by atoms with van der Waals surface area (Å²) in [5, 5.41) is 3.40. The Balaban J connectivity index is 1.75. The summed E-state index contributed by atoms with van der Waals surface area (Å²) in [5.41, 5.74) is 3.77. The van der Waals surface area contributed by atoms with Crippen molar-refractivity contribution in [3.05, 3.63) is 24.0 Å². The van der Waals surface area contributed by atoms with Crippen molar-refractivity contribution in [1.29, 1.82) is 0 Å². The number of anilines is 1. The molecular formula is C15H20N4. The van der Waals surface area contributed by atoms with E-state index >= 15 is 0 Å².